The minimum atomic E-state index is -0.754. The van der Waals surface area contributed by atoms with Gasteiger partial charge in [0.2, 0.25) is 0 Å². The fraction of sp³-hybridized carbons (Fsp3) is 0.917. The van der Waals surface area contributed by atoms with E-state index in [9.17, 15) is 4.79 Å². The van der Waals surface area contributed by atoms with Gasteiger partial charge in [0.25, 0.3) is 0 Å². The number of unbranched alkanes of at least 4 members (excludes halogenated alkanes) is 3. The second kappa shape index (κ2) is 9.60. The van der Waals surface area contributed by atoms with Crippen LogP contribution in [-0.4, -0.2) is 46.8 Å². The first kappa shape index (κ1) is 15.4. The Balaban J connectivity index is 3.78. The van der Waals surface area contributed by atoms with Crippen molar-refractivity contribution < 1.29 is 15.0 Å². The molecule has 96 valence electrons. The van der Waals surface area contributed by atoms with Crippen molar-refractivity contribution in [1.82, 2.24) is 4.90 Å². The Kier molecular flexibility index (Phi) is 9.24. The van der Waals surface area contributed by atoms with Crippen LogP contribution in [0.25, 0.3) is 0 Å². The average Bonchev–Trinajstić information content (AvgIpc) is 2.25. The van der Waals surface area contributed by atoms with Gasteiger partial charge >= 0.3 is 5.97 Å². The SMILES string of the molecule is CCC(C)N(CCCCCCO)CC(=O)O. The third-order valence-corrected chi connectivity index (χ3v) is 2.91. The van der Waals surface area contributed by atoms with E-state index in [2.05, 4.69) is 13.8 Å². The van der Waals surface area contributed by atoms with Crippen molar-refractivity contribution in [2.75, 3.05) is 19.7 Å². The van der Waals surface area contributed by atoms with Gasteiger partial charge in [-0.1, -0.05) is 19.8 Å². The third-order valence-electron chi connectivity index (χ3n) is 2.91. The van der Waals surface area contributed by atoms with E-state index in [1.807, 2.05) is 4.90 Å². The predicted octanol–water partition coefficient (Wildman–Crippen LogP) is 1.72. The maximum atomic E-state index is 10.7. The number of aliphatic carboxylic acids is 1. The zero-order valence-electron chi connectivity index (χ0n) is 10.5. The van der Waals surface area contributed by atoms with Gasteiger partial charge in [0, 0.05) is 12.6 Å². The number of carboxylic acid groups (broad SMARTS) is 1. The highest BCUT2D eigenvalue weighted by Gasteiger charge is 2.14. The Morgan fingerprint density at radius 1 is 1.25 bits per heavy atom. The summed E-state index contributed by atoms with van der Waals surface area (Å²) in [7, 11) is 0. The molecule has 0 bridgehead atoms. The maximum absolute atomic E-state index is 10.7. The molecule has 16 heavy (non-hydrogen) atoms. The number of rotatable bonds is 10. The lowest BCUT2D eigenvalue weighted by atomic mass is 10.1. The number of hydrogen-bond acceptors (Lipinski definition) is 3. The van der Waals surface area contributed by atoms with Crippen LogP contribution in [0, 0.1) is 0 Å². The number of carboxylic acids is 1. The van der Waals surface area contributed by atoms with E-state index in [0.29, 0.717) is 6.04 Å². The van der Waals surface area contributed by atoms with E-state index < -0.39 is 5.97 Å². The Hall–Kier alpha value is -0.610. The van der Waals surface area contributed by atoms with Gasteiger partial charge in [-0.15, -0.1) is 0 Å². The molecule has 0 aliphatic rings. The van der Waals surface area contributed by atoms with Crippen molar-refractivity contribution in [1.29, 1.82) is 0 Å². The highest BCUT2D eigenvalue weighted by Crippen LogP contribution is 2.07. The molecule has 0 radical (unpaired) electrons. The zero-order valence-corrected chi connectivity index (χ0v) is 10.5. The summed E-state index contributed by atoms with van der Waals surface area (Å²) in [6.07, 6.45) is 4.93. The van der Waals surface area contributed by atoms with E-state index in [-0.39, 0.29) is 13.2 Å². The molecule has 0 amide bonds. The van der Waals surface area contributed by atoms with Crippen LogP contribution in [0.1, 0.15) is 46.0 Å². The van der Waals surface area contributed by atoms with Crippen LogP contribution in [0.4, 0.5) is 0 Å². The summed E-state index contributed by atoms with van der Waals surface area (Å²) in [5, 5.41) is 17.4. The zero-order chi connectivity index (χ0) is 12.4. The summed E-state index contributed by atoms with van der Waals surface area (Å²) in [6, 6.07) is 0.328. The molecule has 4 nitrogen and oxygen atoms in total. The first-order valence-electron chi connectivity index (χ1n) is 6.18. The fourth-order valence-electron chi connectivity index (χ4n) is 1.67. The van der Waals surface area contributed by atoms with Crippen LogP contribution in [0.3, 0.4) is 0 Å². The molecule has 0 aliphatic heterocycles. The first-order chi connectivity index (χ1) is 7.61. The van der Waals surface area contributed by atoms with Crippen molar-refractivity contribution in [2.45, 2.75) is 52.0 Å². The lowest BCUT2D eigenvalue weighted by Crippen LogP contribution is -2.37. The fourth-order valence-corrected chi connectivity index (χ4v) is 1.67. The van der Waals surface area contributed by atoms with Gasteiger partial charge in [0.15, 0.2) is 0 Å². The second-order valence-electron chi connectivity index (χ2n) is 4.26. The molecule has 0 heterocycles. The van der Waals surface area contributed by atoms with Crippen LogP contribution < -0.4 is 0 Å². The molecular weight excluding hydrogens is 206 g/mol. The highest BCUT2D eigenvalue weighted by atomic mass is 16.4. The molecule has 0 aliphatic carbocycles. The molecule has 0 spiro atoms. The molecule has 0 saturated carbocycles. The minimum absolute atomic E-state index is 0.134. The topological polar surface area (TPSA) is 60.8 Å². The van der Waals surface area contributed by atoms with E-state index in [1.54, 1.807) is 0 Å². The molecule has 0 aromatic heterocycles. The quantitative estimate of drug-likeness (QED) is 0.562. The van der Waals surface area contributed by atoms with E-state index in [1.165, 1.54) is 0 Å². The number of aliphatic hydroxyl groups is 1. The van der Waals surface area contributed by atoms with Crippen LogP contribution in [0.2, 0.25) is 0 Å². The van der Waals surface area contributed by atoms with E-state index in [4.69, 9.17) is 10.2 Å². The Morgan fingerprint density at radius 2 is 1.88 bits per heavy atom. The molecule has 0 aromatic rings. The second-order valence-corrected chi connectivity index (χ2v) is 4.26. The van der Waals surface area contributed by atoms with Gasteiger partial charge in [-0.2, -0.15) is 0 Å². The van der Waals surface area contributed by atoms with Gasteiger partial charge < -0.3 is 10.2 Å². The number of hydrogen-bond donors (Lipinski definition) is 2. The van der Waals surface area contributed by atoms with Crippen LogP contribution >= 0.6 is 0 Å². The summed E-state index contributed by atoms with van der Waals surface area (Å²) in [5.74, 6) is -0.754. The minimum Gasteiger partial charge on any atom is -0.480 e. The molecule has 0 aromatic carbocycles. The molecule has 4 heteroatoms. The molecule has 2 N–H and O–H groups in total. The molecule has 0 fully saturated rings. The summed E-state index contributed by atoms with van der Waals surface area (Å²) in [4.78, 5) is 12.7. The van der Waals surface area contributed by atoms with Gasteiger partial charge in [-0.05, 0) is 32.7 Å². The summed E-state index contributed by atoms with van der Waals surface area (Å²) >= 11 is 0. The lowest BCUT2D eigenvalue weighted by molar-refractivity contribution is -0.138. The summed E-state index contributed by atoms with van der Waals surface area (Å²) in [6.45, 7) is 5.37. The standard InChI is InChI=1S/C12H25NO3/c1-3-11(2)13(10-12(15)16)8-6-4-5-7-9-14/h11,14H,3-10H2,1-2H3,(H,15,16). The number of aliphatic hydroxyl groups excluding tert-OH is 1. The number of nitrogens with zero attached hydrogens (tertiary/aromatic N) is 1. The Morgan fingerprint density at radius 3 is 2.38 bits per heavy atom. The van der Waals surface area contributed by atoms with Crippen molar-refractivity contribution >= 4 is 5.97 Å². The average molecular weight is 231 g/mol. The lowest BCUT2D eigenvalue weighted by Gasteiger charge is -2.26. The molecule has 1 unspecified atom stereocenters. The molecule has 1 atom stereocenters. The first-order valence-corrected chi connectivity index (χ1v) is 6.18. The highest BCUT2D eigenvalue weighted by molar-refractivity contribution is 5.69. The monoisotopic (exact) mass is 231 g/mol. The molecule has 0 saturated heterocycles. The van der Waals surface area contributed by atoms with Crippen molar-refractivity contribution in [3.05, 3.63) is 0 Å². The van der Waals surface area contributed by atoms with E-state index in [0.717, 1.165) is 38.6 Å². The number of carbonyl (C=O) groups is 1. The predicted molar refractivity (Wildman–Crippen MR) is 64.5 cm³/mol. The van der Waals surface area contributed by atoms with Crippen LogP contribution in [-0.2, 0) is 4.79 Å². The van der Waals surface area contributed by atoms with Crippen molar-refractivity contribution in [3.8, 4) is 0 Å². The van der Waals surface area contributed by atoms with Gasteiger partial charge in [-0.25, -0.2) is 0 Å². The maximum Gasteiger partial charge on any atom is 0.317 e. The van der Waals surface area contributed by atoms with Gasteiger partial charge in [0.05, 0.1) is 6.54 Å². The molecule has 0 rings (SSSR count). The van der Waals surface area contributed by atoms with Gasteiger partial charge in [0.1, 0.15) is 0 Å². The third kappa shape index (κ3) is 7.65. The van der Waals surface area contributed by atoms with Crippen LogP contribution in [0.15, 0.2) is 0 Å². The van der Waals surface area contributed by atoms with Crippen LogP contribution in [0.5, 0.6) is 0 Å². The molecular formula is C12H25NO3. The normalized spacial score (nSPS) is 13.0. The van der Waals surface area contributed by atoms with Gasteiger partial charge in [-0.3, -0.25) is 9.69 Å². The Labute approximate surface area is 98.3 Å². The summed E-state index contributed by atoms with van der Waals surface area (Å²) in [5.41, 5.74) is 0. The van der Waals surface area contributed by atoms with Crippen molar-refractivity contribution in [2.24, 2.45) is 0 Å². The summed E-state index contributed by atoms with van der Waals surface area (Å²) < 4.78 is 0. The Bertz CT molecular complexity index is 185. The van der Waals surface area contributed by atoms with E-state index >= 15 is 0 Å². The largest absolute Gasteiger partial charge is 0.480 e. The van der Waals surface area contributed by atoms with Crippen molar-refractivity contribution in [3.63, 3.8) is 0 Å². The smallest absolute Gasteiger partial charge is 0.317 e.